The third-order valence-corrected chi connectivity index (χ3v) is 7.08. The van der Waals surface area contributed by atoms with Gasteiger partial charge in [-0.2, -0.15) is 0 Å². The summed E-state index contributed by atoms with van der Waals surface area (Å²) in [4.78, 5) is 0. The number of rotatable bonds is 12. The summed E-state index contributed by atoms with van der Waals surface area (Å²) >= 11 is 26.2. The average Bonchev–Trinajstić information content (AvgIpc) is 2.76. The molecule has 2 aromatic carbocycles. The molecule has 0 aliphatic heterocycles. The monoisotopic (exact) mass is 534 g/mol. The Labute approximate surface area is 217 Å². The molecule has 4 nitrogen and oxygen atoms in total. The highest BCUT2D eigenvalue weighted by Gasteiger charge is 2.27. The second-order valence-electron chi connectivity index (χ2n) is 9.12. The summed E-state index contributed by atoms with van der Waals surface area (Å²) in [5.74, 6) is 1.69. The van der Waals surface area contributed by atoms with Crippen LogP contribution in [-0.2, 0) is 5.41 Å². The van der Waals surface area contributed by atoms with Crippen LogP contribution in [0.4, 0.5) is 0 Å². The van der Waals surface area contributed by atoms with Gasteiger partial charge in [-0.3, -0.25) is 0 Å². The minimum atomic E-state index is -0.472. The van der Waals surface area contributed by atoms with Gasteiger partial charge in [0.05, 0.1) is 33.3 Å². The van der Waals surface area contributed by atoms with Crippen molar-refractivity contribution in [1.82, 2.24) is 0 Å². The SMILES string of the molecule is CC(CN)CCOc1c(Cl)cc(C(C)(C)c2cc(Cl)c(OCCC(C)CN)c(Cl)c2)cc1Cl. The Balaban J connectivity index is 2.24. The Morgan fingerprint density at radius 1 is 0.697 bits per heavy atom. The highest BCUT2D eigenvalue weighted by atomic mass is 35.5. The quantitative estimate of drug-likeness (QED) is 0.298. The van der Waals surface area contributed by atoms with Crippen LogP contribution >= 0.6 is 46.4 Å². The molecular formula is C25H34Cl4N2O2. The molecule has 2 atom stereocenters. The Bertz CT molecular complexity index is 817. The van der Waals surface area contributed by atoms with Gasteiger partial charge in [-0.15, -0.1) is 0 Å². The van der Waals surface area contributed by atoms with Crippen LogP contribution in [0.15, 0.2) is 24.3 Å². The maximum atomic E-state index is 6.54. The molecule has 0 amide bonds. The zero-order chi connectivity index (χ0) is 24.8. The number of ether oxygens (including phenoxy) is 2. The molecule has 0 radical (unpaired) electrons. The summed E-state index contributed by atoms with van der Waals surface area (Å²) in [5, 5.41) is 1.82. The minimum Gasteiger partial charge on any atom is -0.490 e. The molecule has 4 N–H and O–H groups in total. The van der Waals surface area contributed by atoms with Gasteiger partial charge in [0.2, 0.25) is 0 Å². The topological polar surface area (TPSA) is 70.5 Å². The zero-order valence-electron chi connectivity index (χ0n) is 19.7. The number of nitrogens with two attached hydrogens (primary N) is 2. The average molecular weight is 536 g/mol. The summed E-state index contributed by atoms with van der Waals surface area (Å²) in [5.41, 5.74) is 12.7. The van der Waals surface area contributed by atoms with E-state index in [9.17, 15) is 0 Å². The zero-order valence-corrected chi connectivity index (χ0v) is 22.7. The van der Waals surface area contributed by atoms with Gasteiger partial charge in [-0.25, -0.2) is 0 Å². The van der Waals surface area contributed by atoms with E-state index in [0.29, 0.717) is 69.7 Å². The smallest absolute Gasteiger partial charge is 0.156 e. The molecule has 2 aromatic rings. The van der Waals surface area contributed by atoms with Gasteiger partial charge in [0.1, 0.15) is 0 Å². The normalized spacial score (nSPS) is 13.6. The van der Waals surface area contributed by atoms with Crippen molar-refractivity contribution in [3.05, 3.63) is 55.5 Å². The van der Waals surface area contributed by atoms with Crippen LogP contribution in [0.25, 0.3) is 0 Å². The lowest BCUT2D eigenvalue weighted by Crippen LogP contribution is -2.19. The van der Waals surface area contributed by atoms with Crippen molar-refractivity contribution in [2.75, 3.05) is 26.3 Å². The van der Waals surface area contributed by atoms with Crippen LogP contribution in [-0.4, -0.2) is 26.3 Å². The summed E-state index contributed by atoms with van der Waals surface area (Å²) in [6, 6.07) is 7.48. The molecule has 0 saturated heterocycles. The van der Waals surface area contributed by atoms with Gasteiger partial charge in [-0.1, -0.05) is 74.1 Å². The summed E-state index contributed by atoms with van der Waals surface area (Å²) in [7, 11) is 0. The largest absolute Gasteiger partial charge is 0.490 e. The van der Waals surface area contributed by atoms with Crippen LogP contribution < -0.4 is 20.9 Å². The van der Waals surface area contributed by atoms with Gasteiger partial charge in [-0.05, 0) is 73.2 Å². The predicted molar refractivity (Wildman–Crippen MR) is 142 cm³/mol. The Hall–Kier alpha value is -0.880. The maximum absolute atomic E-state index is 6.54. The van der Waals surface area contributed by atoms with Crippen molar-refractivity contribution in [3.8, 4) is 11.5 Å². The lowest BCUT2D eigenvalue weighted by Gasteiger charge is -2.28. The van der Waals surface area contributed by atoms with E-state index in [0.717, 1.165) is 24.0 Å². The molecule has 0 saturated carbocycles. The molecule has 0 heterocycles. The van der Waals surface area contributed by atoms with Crippen molar-refractivity contribution in [2.45, 2.75) is 46.0 Å². The first-order valence-corrected chi connectivity index (χ1v) is 12.7. The molecule has 184 valence electrons. The molecule has 0 spiro atoms. The van der Waals surface area contributed by atoms with Gasteiger partial charge in [0.25, 0.3) is 0 Å². The third-order valence-electron chi connectivity index (χ3n) is 5.96. The predicted octanol–water partition coefficient (Wildman–Crippen LogP) is 7.35. The second kappa shape index (κ2) is 12.7. The molecule has 0 bridgehead atoms. The fourth-order valence-corrected chi connectivity index (χ4v) is 4.44. The van der Waals surface area contributed by atoms with E-state index in [4.69, 9.17) is 67.3 Å². The van der Waals surface area contributed by atoms with Crippen LogP contribution in [0.1, 0.15) is 51.7 Å². The van der Waals surface area contributed by atoms with E-state index in [1.165, 1.54) is 0 Å². The van der Waals surface area contributed by atoms with Crippen molar-refractivity contribution in [1.29, 1.82) is 0 Å². The Morgan fingerprint density at radius 3 is 1.27 bits per heavy atom. The Morgan fingerprint density at radius 2 is 1.00 bits per heavy atom. The molecule has 8 heteroatoms. The van der Waals surface area contributed by atoms with Crippen LogP contribution in [0.2, 0.25) is 20.1 Å². The van der Waals surface area contributed by atoms with Crippen LogP contribution in [0.5, 0.6) is 11.5 Å². The van der Waals surface area contributed by atoms with E-state index < -0.39 is 5.41 Å². The summed E-state index contributed by atoms with van der Waals surface area (Å²) in [6.45, 7) is 10.5. The molecule has 0 aromatic heterocycles. The minimum absolute atomic E-state index is 0.367. The first-order valence-electron chi connectivity index (χ1n) is 11.2. The van der Waals surface area contributed by atoms with Crippen molar-refractivity contribution in [2.24, 2.45) is 23.3 Å². The number of hydrogen-bond donors (Lipinski definition) is 2. The molecule has 2 unspecified atom stereocenters. The third kappa shape index (κ3) is 7.55. The highest BCUT2D eigenvalue weighted by Crippen LogP contribution is 2.43. The van der Waals surface area contributed by atoms with E-state index in [2.05, 4.69) is 27.7 Å². The van der Waals surface area contributed by atoms with Crippen molar-refractivity contribution >= 4 is 46.4 Å². The molecule has 0 aliphatic carbocycles. The van der Waals surface area contributed by atoms with Gasteiger partial charge >= 0.3 is 0 Å². The highest BCUT2D eigenvalue weighted by molar-refractivity contribution is 6.38. The lowest BCUT2D eigenvalue weighted by molar-refractivity contribution is 0.286. The summed E-state index contributed by atoms with van der Waals surface area (Å²) < 4.78 is 11.7. The van der Waals surface area contributed by atoms with E-state index in [-0.39, 0.29) is 0 Å². The standard InChI is InChI=1S/C25H34Cl4N2O2/c1-15(13-30)5-7-32-23-19(26)9-17(10-20(23)27)25(3,4)18-11-21(28)24(22(29)12-18)33-8-6-16(2)14-31/h9-12,15-16H,5-8,13-14,30-31H2,1-4H3. The number of halogens is 4. The first-order chi connectivity index (χ1) is 15.5. The second-order valence-corrected chi connectivity index (χ2v) is 10.7. The van der Waals surface area contributed by atoms with Gasteiger partial charge < -0.3 is 20.9 Å². The number of hydrogen-bond acceptors (Lipinski definition) is 4. The van der Waals surface area contributed by atoms with Crippen molar-refractivity contribution in [3.63, 3.8) is 0 Å². The molecule has 33 heavy (non-hydrogen) atoms. The molecule has 0 fully saturated rings. The molecular weight excluding hydrogens is 502 g/mol. The van der Waals surface area contributed by atoms with E-state index in [1.807, 2.05) is 24.3 Å². The molecule has 0 aliphatic rings. The Kier molecular flexibility index (Phi) is 10.9. The lowest BCUT2D eigenvalue weighted by atomic mass is 9.78. The molecule has 2 rings (SSSR count). The van der Waals surface area contributed by atoms with Gasteiger partial charge in [0, 0.05) is 5.41 Å². The first kappa shape index (κ1) is 28.4. The maximum Gasteiger partial charge on any atom is 0.156 e. The van der Waals surface area contributed by atoms with Gasteiger partial charge in [0.15, 0.2) is 11.5 Å². The van der Waals surface area contributed by atoms with Crippen LogP contribution in [0.3, 0.4) is 0 Å². The van der Waals surface area contributed by atoms with E-state index >= 15 is 0 Å². The van der Waals surface area contributed by atoms with E-state index in [1.54, 1.807) is 0 Å². The summed E-state index contributed by atoms with van der Waals surface area (Å²) in [6.07, 6.45) is 1.65. The fraction of sp³-hybridized carbons (Fsp3) is 0.520. The number of benzene rings is 2. The fourth-order valence-electron chi connectivity index (χ4n) is 3.24. The van der Waals surface area contributed by atoms with Crippen LogP contribution in [0, 0.1) is 11.8 Å². The van der Waals surface area contributed by atoms with Crippen molar-refractivity contribution < 1.29 is 9.47 Å².